The van der Waals surface area contributed by atoms with Crippen molar-refractivity contribution in [3.8, 4) is 0 Å². The van der Waals surface area contributed by atoms with Crippen LogP contribution in [0, 0.1) is 18.6 Å². The summed E-state index contributed by atoms with van der Waals surface area (Å²) in [5, 5.41) is 11.1. The third-order valence-corrected chi connectivity index (χ3v) is 2.77. The Morgan fingerprint density at radius 3 is 2.38 bits per heavy atom. The molecule has 0 spiro atoms. The summed E-state index contributed by atoms with van der Waals surface area (Å²) in [5.41, 5.74) is 0.122. The van der Waals surface area contributed by atoms with Crippen molar-refractivity contribution in [3.63, 3.8) is 0 Å². The zero-order valence-corrected chi connectivity index (χ0v) is 11.0. The molecular weight excluding hydrogens is 280 g/mol. The molecule has 0 aliphatic rings. The number of carboxylic acid groups (broad SMARTS) is 1. The van der Waals surface area contributed by atoms with Gasteiger partial charge in [-0.15, -0.1) is 0 Å². The second-order valence-corrected chi connectivity index (χ2v) is 4.47. The van der Waals surface area contributed by atoms with Crippen LogP contribution in [0.25, 0.3) is 0 Å². The van der Waals surface area contributed by atoms with Gasteiger partial charge in [0, 0.05) is 5.56 Å². The molecule has 0 aliphatic carbocycles. The molecular formula is C15H11F2NO3. The maximum absolute atomic E-state index is 13.6. The van der Waals surface area contributed by atoms with Crippen molar-refractivity contribution in [1.29, 1.82) is 0 Å². The minimum absolute atomic E-state index is 0.0210. The minimum Gasteiger partial charge on any atom is -0.478 e. The Morgan fingerprint density at radius 1 is 1.05 bits per heavy atom. The molecule has 0 unspecified atom stereocenters. The molecule has 0 radical (unpaired) electrons. The zero-order valence-electron chi connectivity index (χ0n) is 11.0. The number of hydrogen-bond donors (Lipinski definition) is 2. The lowest BCUT2D eigenvalue weighted by molar-refractivity contribution is 0.0696. The van der Waals surface area contributed by atoms with Crippen LogP contribution < -0.4 is 5.32 Å². The van der Waals surface area contributed by atoms with Gasteiger partial charge in [-0.2, -0.15) is 0 Å². The maximum Gasteiger partial charge on any atom is 0.335 e. The summed E-state index contributed by atoms with van der Waals surface area (Å²) in [4.78, 5) is 22.8. The Morgan fingerprint density at radius 2 is 1.76 bits per heavy atom. The molecule has 6 heteroatoms. The number of amides is 1. The molecule has 2 aromatic rings. The van der Waals surface area contributed by atoms with Crippen LogP contribution in [0.5, 0.6) is 0 Å². The van der Waals surface area contributed by atoms with E-state index in [1.807, 2.05) is 0 Å². The van der Waals surface area contributed by atoms with Gasteiger partial charge in [0.15, 0.2) is 0 Å². The second kappa shape index (κ2) is 5.70. The average molecular weight is 291 g/mol. The lowest BCUT2D eigenvalue weighted by Crippen LogP contribution is -2.14. The van der Waals surface area contributed by atoms with Crippen molar-refractivity contribution in [2.24, 2.45) is 0 Å². The molecule has 4 nitrogen and oxygen atoms in total. The minimum atomic E-state index is -1.24. The van der Waals surface area contributed by atoms with E-state index in [1.54, 1.807) is 6.92 Å². The van der Waals surface area contributed by atoms with E-state index in [0.717, 1.165) is 24.3 Å². The van der Waals surface area contributed by atoms with Gasteiger partial charge < -0.3 is 10.4 Å². The fourth-order valence-corrected chi connectivity index (χ4v) is 1.82. The number of carbonyl (C=O) groups is 2. The maximum atomic E-state index is 13.6. The molecule has 2 aromatic carbocycles. The van der Waals surface area contributed by atoms with Gasteiger partial charge in [-0.3, -0.25) is 4.79 Å². The topological polar surface area (TPSA) is 66.4 Å². The first kappa shape index (κ1) is 14.6. The molecule has 0 aromatic heterocycles. The summed E-state index contributed by atoms with van der Waals surface area (Å²) in [7, 11) is 0. The number of carboxylic acids is 1. The van der Waals surface area contributed by atoms with Gasteiger partial charge in [0.1, 0.15) is 11.6 Å². The number of rotatable bonds is 3. The van der Waals surface area contributed by atoms with Gasteiger partial charge in [-0.05, 0) is 48.9 Å². The van der Waals surface area contributed by atoms with Crippen LogP contribution >= 0.6 is 0 Å². The second-order valence-electron chi connectivity index (χ2n) is 4.47. The molecule has 1 amide bonds. The number of carbonyl (C=O) groups excluding carboxylic acids is 1. The number of aromatic carboxylic acids is 1. The molecule has 2 rings (SSSR count). The van der Waals surface area contributed by atoms with E-state index >= 15 is 0 Å². The summed E-state index contributed by atoms with van der Waals surface area (Å²) in [6.45, 7) is 1.62. The summed E-state index contributed by atoms with van der Waals surface area (Å²) >= 11 is 0. The highest BCUT2D eigenvalue weighted by molar-refractivity contribution is 6.05. The lowest BCUT2D eigenvalue weighted by Gasteiger charge is -2.08. The molecule has 0 saturated heterocycles. The van der Waals surface area contributed by atoms with Crippen molar-refractivity contribution in [1.82, 2.24) is 0 Å². The predicted molar refractivity (Wildman–Crippen MR) is 72.4 cm³/mol. The molecule has 0 aliphatic heterocycles. The van der Waals surface area contributed by atoms with E-state index in [2.05, 4.69) is 5.32 Å². The van der Waals surface area contributed by atoms with Crippen LogP contribution in [-0.2, 0) is 0 Å². The van der Waals surface area contributed by atoms with E-state index in [1.165, 1.54) is 12.1 Å². The van der Waals surface area contributed by atoms with Gasteiger partial charge >= 0.3 is 5.97 Å². The predicted octanol–water partition coefficient (Wildman–Crippen LogP) is 3.22. The number of benzene rings is 2. The fourth-order valence-electron chi connectivity index (χ4n) is 1.82. The van der Waals surface area contributed by atoms with Crippen molar-refractivity contribution in [2.45, 2.75) is 6.92 Å². The number of nitrogens with one attached hydrogen (secondary N) is 1. The van der Waals surface area contributed by atoms with Crippen LogP contribution in [0.15, 0.2) is 36.4 Å². The molecule has 0 heterocycles. The summed E-state index contributed by atoms with van der Waals surface area (Å²) in [6.07, 6.45) is 0. The molecule has 2 N–H and O–H groups in total. The molecule has 0 bridgehead atoms. The van der Waals surface area contributed by atoms with E-state index in [-0.39, 0.29) is 16.8 Å². The third-order valence-electron chi connectivity index (χ3n) is 2.77. The number of aryl methyl sites for hydroxylation is 1. The van der Waals surface area contributed by atoms with Gasteiger partial charge in [0.2, 0.25) is 0 Å². The Balaban J connectivity index is 2.31. The summed E-state index contributed by atoms with van der Waals surface area (Å²) < 4.78 is 26.8. The Hall–Kier alpha value is -2.76. The Labute approximate surface area is 119 Å². The van der Waals surface area contributed by atoms with Crippen molar-refractivity contribution in [2.75, 3.05) is 5.32 Å². The first-order valence-corrected chi connectivity index (χ1v) is 5.98. The van der Waals surface area contributed by atoms with E-state index < -0.39 is 23.5 Å². The Kier molecular flexibility index (Phi) is 3.98. The summed E-state index contributed by atoms with van der Waals surface area (Å²) in [6, 6.07) is 6.73. The first-order valence-electron chi connectivity index (χ1n) is 5.98. The average Bonchev–Trinajstić information content (AvgIpc) is 2.39. The highest BCUT2D eigenvalue weighted by atomic mass is 19.1. The highest BCUT2D eigenvalue weighted by Gasteiger charge is 2.13. The number of anilines is 1. The van der Waals surface area contributed by atoms with Crippen LogP contribution in [0.1, 0.15) is 26.3 Å². The van der Waals surface area contributed by atoms with Crippen molar-refractivity contribution in [3.05, 3.63) is 64.7 Å². The molecule has 0 fully saturated rings. The molecule has 0 atom stereocenters. The van der Waals surface area contributed by atoms with E-state index in [0.29, 0.717) is 5.56 Å². The van der Waals surface area contributed by atoms with Crippen molar-refractivity contribution < 1.29 is 23.5 Å². The fraction of sp³-hybridized carbons (Fsp3) is 0.0667. The number of hydrogen-bond acceptors (Lipinski definition) is 2. The summed E-state index contributed by atoms with van der Waals surface area (Å²) in [5.74, 6) is -3.33. The molecule has 0 saturated carbocycles. The normalized spacial score (nSPS) is 10.2. The third kappa shape index (κ3) is 3.42. The lowest BCUT2D eigenvalue weighted by atomic mass is 10.1. The van der Waals surface area contributed by atoms with Crippen LogP contribution in [0.4, 0.5) is 14.5 Å². The number of halogens is 2. The van der Waals surface area contributed by atoms with Gasteiger partial charge in [-0.25, -0.2) is 13.6 Å². The largest absolute Gasteiger partial charge is 0.478 e. The van der Waals surface area contributed by atoms with Crippen molar-refractivity contribution >= 4 is 17.6 Å². The van der Waals surface area contributed by atoms with Crippen LogP contribution in [-0.4, -0.2) is 17.0 Å². The Bertz CT molecular complexity index is 709. The smallest absolute Gasteiger partial charge is 0.335 e. The highest BCUT2D eigenvalue weighted by Crippen LogP contribution is 2.18. The van der Waals surface area contributed by atoms with Gasteiger partial charge in [-0.1, -0.05) is 0 Å². The van der Waals surface area contributed by atoms with Gasteiger partial charge in [0.05, 0.1) is 11.3 Å². The van der Waals surface area contributed by atoms with E-state index in [4.69, 9.17) is 5.11 Å². The van der Waals surface area contributed by atoms with Gasteiger partial charge in [0.25, 0.3) is 5.91 Å². The molecule has 108 valence electrons. The SMILES string of the molecule is Cc1cc(F)cc(C(=O)Nc2cc(C(=O)O)ccc2F)c1. The first-order chi connectivity index (χ1) is 9.86. The zero-order chi connectivity index (χ0) is 15.6. The molecule has 21 heavy (non-hydrogen) atoms. The monoisotopic (exact) mass is 291 g/mol. The standard InChI is InChI=1S/C15H11F2NO3/c1-8-4-10(6-11(16)5-8)14(19)18-13-7-9(15(20)21)2-3-12(13)17/h2-7H,1H3,(H,18,19)(H,20,21). The van der Waals surface area contributed by atoms with Crippen LogP contribution in [0.2, 0.25) is 0 Å². The van der Waals surface area contributed by atoms with E-state index in [9.17, 15) is 18.4 Å². The quantitative estimate of drug-likeness (QED) is 0.912. The van der Waals surface area contributed by atoms with Crippen LogP contribution in [0.3, 0.4) is 0 Å².